The molecule has 0 aromatic heterocycles. The molecule has 0 atom stereocenters. The minimum Gasteiger partial charge on any atom is -0.166 e. The maximum Gasteiger partial charge on any atom is 0.417 e. The molecule has 0 aliphatic heterocycles. The Morgan fingerprint density at radius 2 is 1.47 bits per heavy atom. The topological polar surface area (TPSA) is 0 Å². The Morgan fingerprint density at radius 1 is 0.842 bits per heavy atom. The van der Waals surface area contributed by atoms with Crippen molar-refractivity contribution in [1.82, 2.24) is 0 Å². The second-order valence-electron chi connectivity index (χ2n) is 3.79. The SMILES string of the molecule is FC(F)(F)c1ccccc1-c1cc(Cl)cc(Cl)c1Cl. The van der Waals surface area contributed by atoms with Crippen LogP contribution in [0.5, 0.6) is 0 Å². The van der Waals surface area contributed by atoms with Gasteiger partial charge >= 0.3 is 6.18 Å². The molecule has 0 unspecified atom stereocenters. The average molecular weight is 326 g/mol. The zero-order valence-corrected chi connectivity index (χ0v) is 11.5. The summed E-state index contributed by atoms with van der Waals surface area (Å²) in [6.45, 7) is 0. The molecule has 0 heterocycles. The molecule has 100 valence electrons. The lowest BCUT2D eigenvalue weighted by molar-refractivity contribution is -0.137. The van der Waals surface area contributed by atoms with Crippen LogP contribution in [0.15, 0.2) is 36.4 Å². The van der Waals surface area contributed by atoms with Crippen LogP contribution in [0.2, 0.25) is 15.1 Å². The molecule has 0 radical (unpaired) electrons. The molecule has 0 fully saturated rings. The number of benzene rings is 2. The first-order chi connectivity index (χ1) is 8.80. The molecule has 0 aliphatic carbocycles. The molecule has 6 heteroatoms. The van der Waals surface area contributed by atoms with Crippen LogP contribution < -0.4 is 0 Å². The summed E-state index contributed by atoms with van der Waals surface area (Å²) in [7, 11) is 0. The molecule has 2 aromatic carbocycles. The highest BCUT2D eigenvalue weighted by Gasteiger charge is 2.33. The van der Waals surface area contributed by atoms with Gasteiger partial charge in [0.05, 0.1) is 15.6 Å². The average Bonchev–Trinajstić information content (AvgIpc) is 2.33. The summed E-state index contributed by atoms with van der Waals surface area (Å²) in [5.74, 6) is 0. The Hall–Kier alpha value is -0.900. The Balaban J connectivity index is 2.73. The van der Waals surface area contributed by atoms with Crippen molar-refractivity contribution in [3.8, 4) is 11.1 Å². The highest BCUT2D eigenvalue weighted by atomic mass is 35.5. The molecule has 2 aromatic rings. The molecule has 0 aliphatic rings. The molecule has 19 heavy (non-hydrogen) atoms. The largest absolute Gasteiger partial charge is 0.417 e. The summed E-state index contributed by atoms with van der Waals surface area (Å²) < 4.78 is 38.9. The number of hydrogen-bond donors (Lipinski definition) is 0. The van der Waals surface area contributed by atoms with Gasteiger partial charge in [-0.1, -0.05) is 53.0 Å². The van der Waals surface area contributed by atoms with E-state index in [0.29, 0.717) is 0 Å². The number of hydrogen-bond acceptors (Lipinski definition) is 0. The fourth-order valence-electron chi connectivity index (χ4n) is 1.72. The van der Waals surface area contributed by atoms with Crippen LogP contribution in [-0.4, -0.2) is 0 Å². The summed E-state index contributed by atoms with van der Waals surface area (Å²) in [5.41, 5.74) is -0.674. The predicted molar refractivity (Wildman–Crippen MR) is 71.9 cm³/mol. The van der Waals surface area contributed by atoms with Gasteiger partial charge in [-0.25, -0.2) is 0 Å². The lowest BCUT2D eigenvalue weighted by atomic mass is 9.99. The van der Waals surface area contributed by atoms with Gasteiger partial charge in [0.15, 0.2) is 0 Å². The van der Waals surface area contributed by atoms with Crippen LogP contribution in [0.4, 0.5) is 13.2 Å². The third kappa shape index (κ3) is 2.99. The van der Waals surface area contributed by atoms with Crippen molar-refractivity contribution in [2.45, 2.75) is 6.18 Å². The summed E-state index contributed by atoms with van der Waals surface area (Å²) >= 11 is 17.6. The fourth-order valence-corrected chi connectivity index (χ4v) is 2.42. The van der Waals surface area contributed by atoms with Crippen molar-refractivity contribution in [3.05, 3.63) is 57.0 Å². The highest BCUT2D eigenvalue weighted by Crippen LogP contribution is 2.42. The molecule has 0 nitrogen and oxygen atoms in total. The van der Waals surface area contributed by atoms with Crippen molar-refractivity contribution < 1.29 is 13.2 Å². The molecular formula is C13H6Cl3F3. The zero-order chi connectivity index (χ0) is 14.2. The fraction of sp³-hybridized carbons (Fsp3) is 0.0769. The third-order valence-electron chi connectivity index (χ3n) is 2.52. The van der Waals surface area contributed by atoms with Crippen molar-refractivity contribution in [2.24, 2.45) is 0 Å². The highest BCUT2D eigenvalue weighted by molar-refractivity contribution is 6.45. The molecule has 0 bridgehead atoms. The second kappa shape index (κ2) is 5.23. The van der Waals surface area contributed by atoms with Gasteiger partial charge < -0.3 is 0 Å². The molecule has 2 rings (SSSR count). The lowest BCUT2D eigenvalue weighted by Crippen LogP contribution is -2.07. The monoisotopic (exact) mass is 324 g/mol. The van der Waals surface area contributed by atoms with Crippen molar-refractivity contribution in [2.75, 3.05) is 0 Å². The lowest BCUT2D eigenvalue weighted by Gasteiger charge is -2.14. The van der Waals surface area contributed by atoms with E-state index >= 15 is 0 Å². The van der Waals surface area contributed by atoms with E-state index < -0.39 is 11.7 Å². The first-order valence-electron chi connectivity index (χ1n) is 5.12. The van der Waals surface area contributed by atoms with Crippen LogP contribution in [0.25, 0.3) is 11.1 Å². The van der Waals surface area contributed by atoms with Gasteiger partial charge in [-0.05, 0) is 23.8 Å². The smallest absolute Gasteiger partial charge is 0.166 e. The van der Waals surface area contributed by atoms with E-state index in [9.17, 15) is 13.2 Å². The zero-order valence-electron chi connectivity index (χ0n) is 9.23. The minimum absolute atomic E-state index is 0.0442. The first kappa shape index (κ1) is 14.5. The van der Waals surface area contributed by atoms with Gasteiger partial charge in [-0.15, -0.1) is 0 Å². The van der Waals surface area contributed by atoms with E-state index in [-0.39, 0.29) is 26.2 Å². The third-order valence-corrected chi connectivity index (χ3v) is 3.54. The van der Waals surface area contributed by atoms with E-state index in [0.717, 1.165) is 6.07 Å². The summed E-state index contributed by atoms with van der Waals surface area (Å²) in [5, 5.41) is 0.380. The quantitative estimate of drug-likeness (QED) is 0.537. The maximum atomic E-state index is 13.0. The van der Waals surface area contributed by atoms with E-state index in [1.54, 1.807) is 0 Å². The van der Waals surface area contributed by atoms with Gasteiger partial charge in [-0.3, -0.25) is 0 Å². The van der Waals surface area contributed by atoms with E-state index in [2.05, 4.69) is 0 Å². The van der Waals surface area contributed by atoms with Crippen molar-refractivity contribution >= 4 is 34.8 Å². The summed E-state index contributed by atoms with van der Waals surface area (Å²) in [6.07, 6.45) is -4.48. The van der Waals surface area contributed by atoms with Gasteiger partial charge in [0.2, 0.25) is 0 Å². The number of rotatable bonds is 1. The van der Waals surface area contributed by atoms with Crippen LogP contribution >= 0.6 is 34.8 Å². The standard InChI is InChI=1S/C13H6Cl3F3/c14-7-5-9(12(16)11(15)6-7)8-3-1-2-4-10(8)13(17,18)19/h1-6H. The van der Waals surface area contributed by atoms with Gasteiger partial charge in [-0.2, -0.15) is 13.2 Å². The Kier molecular flexibility index (Phi) is 4.00. The normalized spacial score (nSPS) is 11.7. The van der Waals surface area contributed by atoms with E-state index in [4.69, 9.17) is 34.8 Å². The minimum atomic E-state index is -4.48. The maximum absolute atomic E-state index is 13.0. The second-order valence-corrected chi connectivity index (χ2v) is 5.01. The molecule has 0 saturated carbocycles. The van der Waals surface area contributed by atoms with Gasteiger partial charge in [0, 0.05) is 10.6 Å². The first-order valence-corrected chi connectivity index (χ1v) is 6.25. The molecular weight excluding hydrogens is 319 g/mol. The van der Waals surface area contributed by atoms with Crippen molar-refractivity contribution in [3.63, 3.8) is 0 Å². The van der Waals surface area contributed by atoms with Crippen molar-refractivity contribution in [1.29, 1.82) is 0 Å². The number of halogens is 6. The predicted octanol–water partition coefficient (Wildman–Crippen LogP) is 6.33. The Labute approximate surface area is 122 Å². The summed E-state index contributed by atoms with van der Waals surface area (Å²) in [4.78, 5) is 0. The molecule has 0 N–H and O–H groups in total. The van der Waals surface area contributed by atoms with Crippen LogP contribution in [0.1, 0.15) is 5.56 Å². The van der Waals surface area contributed by atoms with E-state index in [1.165, 1.54) is 30.3 Å². The van der Waals surface area contributed by atoms with Crippen LogP contribution in [0, 0.1) is 0 Å². The molecule has 0 amide bonds. The number of alkyl halides is 3. The molecule has 0 spiro atoms. The van der Waals surface area contributed by atoms with Gasteiger partial charge in [0.1, 0.15) is 0 Å². The summed E-state index contributed by atoms with van der Waals surface area (Å²) in [6, 6.07) is 7.87. The Morgan fingerprint density at radius 3 is 2.11 bits per heavy atom. The Bertz CT molecular complexity index is 621. The molecule has 0 saturated heterocycles. The van der Waals surface area contributed by atoms with E-state index in [1.807, 2.05) is 0 Å². The van der Waals surface area contributed by atoms with Crippen LogP contribution in [0.3, 0.4) is 0 Å². The van der Waals surface area contributed by atoms with Crippen LogP contribution in [-0.2, 0) is 6.18 Å². The van der Waals surface area contributed by atoms with Gasteiger partial charge in [0.25, 0.3) is 0 Å².